The van der Waals surface area contributed by atoms with Gasteiger partial charge in [0, 0.05) is 28.3 Å². The second kappa shape index (κ2) is 7.62. The van der Waals surface area contributed by atoms with E-state index in [1.54, 1.807) is 24.3 Å². The number of fused-ring (bicyclic) bond motifs is 1. The van der Waals surface area contributed by atoms with Gasteiger partial charge in [-0.3, -0.25) is 4.79 Å². The van der Waals surface area contributed by atoms with Crippen molar-refractivity contribution in [2.75, 3.05) is 5.32 Å². The topological polar surface area (TPSA) is 74.0 Å². The molecular formula is C20H20ClN3O2. The van der Waals surface area contributed by atoms with E-state index in [-0.39, 0.29) is 18.1 Å². The molecule has 3 aromatic rings. The van der Waals surface area contributed by atoms with E-state index in [4.69, 9.17) is 11.6 Å². The lowest BCUT2D eigenvalue weighted by Gasteiger charge is -2.10. The van der Waals surface area contributed by atoms with Crippen LogP contribution in [0.4, 0.5) is 10.5 Å². The number of aromatic amines is 1. The molecule has 3 rings (SSSR count). The van der Waals surface area contributed by atoms with Crippen molar-refractivity contribution >= 4 is 34.2 Å². The van der Waals surface area contributed by atoms with Crippen LogP contribution >= 0.6 is 11.6 Å². The summed E-state index contributed by atoms with van der Waals surface area (Å²) in [7, 11) is 0. The molecule has 0 unspecified atom stereocenters. The first kappa shape index (κ1) is 18.0. The molecule has 0 atom stereocenters. The third-order valence-electron chi connectivity index (χ3n) is 4.15. The molecule has 0 radical (unpaired) electrons. The largest absolute Gasteiger partial charge is 0.334 e. The number of amides is 2. The first-order valence-electron chi connectivity index (χ1n) is 8.38. The number of rotatable bonds is 4. The molecule has 0 fully saturated rings. The molecule has 2 amide bonds. The zero-order valence-electron chi connectivity index (χ0n) is 14.6. The number of hydrogen-bond donors (Lipinski definition) is 3. The normalized spacial score (nSPS) is 10.9. The van der Waals surface area contributed by atoms with Crippen LogP contribution in [-0.2, 0) is 6.54 Å². The SMILES string of the molecule is CC(C)c1ccc2[nH]c(=O)c(CNC(=O)Nc3ccc(Cl)cc3)cc2c1. The summed E-state index contributed by atoms with van der Waals surface area (Å²) in [5.74, 6) is 0.401. The van der Waals surface area contributed by atoms with Crippen LogP contribution in [0.3, 0.4) is 0 Å². The third-order valence-corrected chi connectivity index (χ3v) is 4.41. The van der Waals surface area contributed by atoms with Crippen LogP contribution in [0.15, 0.2) is 53.3 Å². The Balaban J connectivity index is 1.73. The van der Waals surface area contributed by atoms with Crippen LogP contribution in [-0.4, -0.2) is 11.0 Å². The molecule has 0 saturated carbocycles. The molecule has 5 nitrogen and oxygen atoms in total. The van der Waals surface area contributed by atoms with E-state index in [0.29, 0.717) is 22.2 Å². The Morgan fingerprint density at radius 2 is 1.85 bits per heavy atom. The molecule has 6 heteroatoms. The number of urea groups is 1. The van der Waals surface area contributed by atoms with Gasteiger partial charge in [-0.2, -0.15) is 0 Å². The molecule has 0 bridgehead atoms. The lowest BCUT2D eigenvalue weighted by molar-refractivity contribution is 0.251. The summed E-state index contributed by atoms with van der Waals surface area (Å²) in [6.07, 6.45) is 0. The molecule has 0 spiro atoms. The maximum absolute atomic E-state index is 12.2. The Morgan fingerprint density at radius 3 is 2.54 bits per heavy atom. The second-order valence-electron chi connectivity index (χ2n) is 6.44. The summed E-state index contributed by atoms with van der Waals surface area (Å²) in [6.45, 7) is 4.38. The van der Waals surface area contributed by atoms with Crippen molar-refractivity contribution < 1.29 is 4.79 Å². The number of carbonyl (C=O) groups excluding carboxylic acids is 1. The van der Waals surface area contributed by atoms with E-state index in [9.17, 15) is 9.59 Å². The fraction of sp³-hybridized carbons (Fsp3) is 0.200. The van der Waals surface area contributed by atoms with Gasteiger partial charge in [-0.1, -0.05) is 31.5 Å². The average molecular weight is 370 g/mol. The van der Waals surface area contributed by atoms with Gasteiger partial charge in [-0.15, -0.1) is 0 Å². The minimum absolute atomic E-state index is 0.136. The molecule has 3 N–H and O–H groups in total. The zero-order valence-corrected chi connectivity index (χ0v) is 15.4. The number of anilines is 1. The van der Waals surface area contributed by atoms with Gasteiger partial charge < -0.3 is 15.6 Å². The number of H-pyrrole nitrogens is 1. The Hall–Kier alpha value is -2.79. The predicted molar refractivity (Wildman–Crippen MR) is 106 cm³/mol. The van der Waals surface area contributed by atoms with Crippen LogP contribution < -0.4 is 16.2 Å². The summed E-state index contributed by atoms with van der Waals surface area (Å²) in [6, 6.07) is 14.2. The quantitative estimate of drug-likeness (QED) is 0.627. The number of carbonyl (C=O) groups is 1. The molecule has 2 aromatic carbocycles. The summed E-state index contributed by atoms with van der Waals surface area (Å²) >= 11 is 5.82. The van der Waals surface area contributed by atoms with Crippen LogP contribution in [0.1, 0.15) is 30.9 Å². The molecule has 0 saturated heterocycles. The van der Waals surface area contributed by atoms with Gasteiger partial charge in [0.15, 0.2) is 0 Å². The molecule has 0 aliphatic heterocycles. The monoisotopic (exact) mass is 369 g/mol. The summed E-state index contributed by atoms with van der Waals surface area (Å²) in [5, 5.41) is 6.95. The average Bonchev–Trinajstić information content (AvgIpc) is 2.61. The van der Waals surface area contributed by atoms with Crippen molar-refractivity contribution in [1.29, 1.82) is 0 Å². The third kappa shape index (κ3) is 4.24. The van der Waals surface area contributed by atoms with E-state index < -0.39 is 0 Å². The van der Waals surface area contributed by atoms with Crippen molar-refractivity contribution in [3.8, 4) is 0 Å². The number of nitrogens with one attached hydrogen (secondary N) is 3. The van der Waals surface area contributed by atoms with Crippen molar-refractivity contribution in [3.05, 3.63) is 75.0 Å². The van der Waals surface area contributed by atoms with Crippen molar-refractivity contribution in [2.45, 2.75) is 26.3 Å². The molecular weight excluding hydrogens is 350 g/mol. The lowest BCUT2D eigenvalue weighted by Crippen LogP contribution is -2.30. The first-order chi connectivity index (χ1) is 12.4. The van der Waals surface area contributed by atoms with Crippen LogP contribution in [0.25, 0.3) is 10.9 Å². The van der Waals surface area contributed by atoms with Gasteiger partial charge in [-0.25, -0.2) is 4.79 Å². The summed E-state index contributed by atoms with van der Waals surface area (Å²) in [5.41, 5.74) is 2.91. The van der Waals surface area contributed by atoms with E-state index in [2.05, 4.69) is 35.5 Å². The van der Waals surface area contributed by atoms with Gasteiger partial charge in [0.1, 0.15) is 0 Å². The van der Waals surface area contributed by atoms with Gasteiger partial charge in [0.05, 0.1) is 0 Å². The van der Waals surface area contributed by atoms with Gasteiger partial charge >= 0.3 is 6.03 Å². The van der Waals surface area contributed by atoms with E-state index >= 15 is 0 Å². The van der Waals surface area contributed by atoms with E-state index in [0.717, 1.165) is 10.9 Å². The fourth-order valence-electron chi connectivity index (χ4n) is 2.64. The molecule has 134 valence electrons. The molecule has 0 aliphatic rings. The molecule has 26 heavy (non-hydrogen) atoms. The predicted octanol–water partition coefficient (Wildman–Crippen LogP) is 4.63. The van der Waals surface area contributed by atoms with Crippen LogP contribution in [0.5, 0.6) is 0 Å². The highest BCUT2D eigenvalue weighted by atomic mass is 35.5. The number of hydrogen-bond acceptors (Lipinski definition) is 2. The summed E-state index contributed by atoms with van der Waals surface area (Å²) in [4.78, 5) is 27.1. The summed E-state index contributed by atoms with van der Waals surface area (Å²) < 4.78 is 0. The Kier molecular flexibility index (Phi) is 5.28. The highest BCUT2D eigenvalue weighted by Crippen LogP contribution is 2.20. The van der Waals surface area contributed by atoms with Crippen molar-refractivity contribution in [1.82, 2.24) is 10.3 Å². The zero-order chi connectivity index (χ0) is 18.7. The second-order valence-corrected chi connectivity index (χ2v) is 6.88. The minimum atomic E-state index is -0.386. The number of benzene rings is 2. The standard InChI is InChI=1S/C20H20ClN3O2/c1-12(2)13-3-8-18-14(9-13)10-15(19(25)24-18)11-22-20(26)23-17-6-4-16(21)5-7-17/h3-10,12H,11H2,1-2H3,(H,24,25)(H2,22,23,26). The fourth-order valence-corrected chi connectivity index (χ4v) is 2.77. The Morgan fingerprint density at radius 1 is 1.12 bits per heavy atom. The Bertz CT molecular complexity index is 994. The minimum Gasteiger partial charge on any atom is -0.334 e. The first-order valence-corrected chi connectivity index (χ1v) is 8.76. The molecule has 1 heterocycles. The molecule has 0 aliphatic carbocycles. The van der Waals surface area contributed by atoms with Gasteiger partial charge in [0.2, 0.25) is 0 Å². The highest BCUT2D eigenvalue weighted by Gasteiger charge is 2.08. The van der Waals surface area contributed by atoms with E-state index in [1.807, 2.05) is 18.2 Å². The number of aromatic nitrogens is 1. The number of halogens is 1. The molecule has 1 aromatic heterocycles. The highest BCUT2D eigenvalue weighted by molar-refractivity contribution is 6.30. The number of pyridine rings is 1. The van der Waals surface area contributed by atoms with Crippen LogP contribution in [0, 0.1) is 0 Å². The lowest BCUT2D eigenvalue weighted by atomic mass is 10.0. The smallest absolute Gasteiger partial charge is 0.319 e. The maximum atomic E-state index is 12.2. The van der Waals surface area contributed by atoms with Crippen LogP contribution in [0.2, 0.25) is 5.02 Å². The Labute approximate surface area is 156 Å². The van der Waals surface area contributed by atoms with Gasteiger partial charge in [0.25, 0.3) is 5.56 Å². The van der Waals surface area contributed by atoms with Crippen molar-refractivity contribution in [3.63, 3.8) is 0 Å². The maximum Gasteiger partial charge on any atom is 0.319 e. The van der Waals surface area contributed by atoms with Crippen molar-refractivity contribution in [2.24, 2.45) is 0 Å². The van der Waals surface area contributed by atoms with Gasteiger partial charge in [-0.05, 0) is 59.3 Å². The van der Waals surface area contributed by atoms with E-state index in [1.165, 1.54) is 5.56 Å².